The number of benzene rings is 6. The molecule has 1 aliphatic carbocycles. The molecule has 0 unspecified atom stereocenters. The number of pyridine rings is 2. The molecule has 0 spiro atoms. The first-order valence-corrected chi connectivity index (χ1v) is 16.7. The molecule has 0 amide bonds. The fourth-order valence-corrected chi connectivity index (χ4v) is 7.25. The van der Waals surface area contributed by atoms with Crippen LogP contribution in [0.5, 0.6) is 0 Å². The summed E-state index contributed by atoms with van der Waals surface area (Å²) in [6.45, 7) is 9.14. The van der Waals surface area contributed by atoms with Gasteiger partial charge in [-0.3, -0.25) is 0 Å². The molecule has 1 radical (unpaired) electrons. The second kappa shape index (κ2) is 13.2. The Morgan fingerprint density at radius 3 is 2.10 bits per heavy atom. The molecule has 0 saturated carbocycles. The van der Waals surface area contributed by atoms with Crippen LogP contribution in [0.1, 0.15) is 50.3 Å². The molecule has 49 heavy (non-hydrogen) atoms. The van der Waals surface area contributed by atoms with Gasteiger partial charge in [0.2, 0.25) is 0 Å². The third kappa shape index (κ3) is 5.78. The van der Waals surface area contributed by atoms with E-state index < -0.39 is 0 Å². The minimum Gasteiger partial charge on any atom is -0.305 e. The van der Waals surface area contributed by atoms with E-state index >= 15 is 0 Å². The van der Waals surface area contributed by atoms with Crippen LogP contribution in [-0.4, -0.2) is 9.97 Å². The maximum absolute atomic E-state index is 4.87. The molecule has 0 N–H and O–H groups in total. The van der Waals surface area contributed by atoms with Crippen molar-refractivity contribution < 1.29 is 20.1 Å². The largest absolute Gasteiger partial charge is 0.305 e. The zero-order valence-corrected chi connectivity index (χ0v) is 30.5. The summed E-state index contributed by atoms with van der Waals surface area (Å²) in [7, 11) is 0. The summed E-state index contributed by atoms with van der Waals surface area (Å²) in [5.74, 6) is 0.525. The Morgan fingerprint density at radius 2 is 1.31 bits per heavy atom. The van der Waals surface area contributed by atoms with Crippen LogP contribution in [-0.2, 0) is 25.5 Å². The van der Waals surface area contributed by atoms with Crippen molar-refractivity contribution in [1.82, 2.24) is 9.97 Å². The maximum Gasteiger partial charge on any atom is 0.0167 e. The van der Waals surface area contributed by atoms with Crippen LogP contribution < -0.4 is 0 Å². The molecule has 2 nitrogen and oxygen atoms in total. The molecular weight excluding hydrogens is 773 g/mol. The van der Waals surface area contributed by atoms with Crippen molar-refractivity contribution in [2.75, 3.05) is 0 Å². The van der Waals surface area contributed by atoms with E-state index in [2.05, 4.69) is 130 Å². The van der Waals surface area contributed by atoms with Crippen molar-refractivity contribution in [3.8, 4) is 33.6 Å². The van der Waals surface area contributed by atoms with Crippen molar-refractivity contribution in [3.63, 3.8) is 0 Å². The third-order valence-corrected chi connectivity index (χ3v) is 9.87. The standard InChI is InChI=1S/C35H28N.C11H8N.Ir/c1-21(2)22-9-12-25-23(19-22)10-13-27-26(25)15-16-31-28(27)17-18-36-34(31)24-11-14-30-29-7-5-6-8-32(29)35(3,4)33(30)20-24;1-2-6-10(7-3-1)11-8-4-5-9-12-11;/h5-10,12-21H,1-4H3;1-6,8-9H;/q2*-1;. The maximum atomic E-state index is 4.87. The van der Waals surface area contributed by atoms with Crippen LogP contribution in [0.3, 0.4) is 0 Å². The van der Waals surface area contributed by atoms with Crippen molar-refractivity contribution in [3.05, 3.63) is 169 Å². The molecule has 0 atom stereocenters. The van der Waals surface area contributed by atoms with E-state index in [1.54, 1.807) is 6.20 Å². The molecule has 0 fully saturated rings. The first kappa shape index (κ1) is 32.6. The number of rotatable bonds is 3. The Kier molecular flexibility index (Phi) is 8.75. The molecule has 0 aliphatic heterocycles. The van der Waals surface area contributed by atoms with E-state index in [0.717, 1.165) is 22.5 Å². The van der Waals surface area contributed by atoms with Crippen molar-refractivity contribution in [2.24, 2.45) is 0 Å². The molecular formula is C46H36IrN2-2. The molecule has 1 aliphatic rings. The quantitative estimate of drug-likeness (QED) is 0.131. The first-order valence-electron chi connectivity index (χ1n) is 16.7. The summed E-state index contributed by atoms with van der Waals surface area (Å²) in [5, 5.41) is 7.59. The summed E-state index contributed by atoms with van der Waals surface area (Å²) in [6.07, 6.45) is 3.74. The fourth-order valence-electron chi connectivity index (χ4n) is 7.25. The summed E-state index contributed by atoms with van der Waals surface area (Å²) in [5.41, 5.74) is 10.8. The molecule has 2 heterocycles. The van der Waals surface area contributed by atoms with Crippen LogP contribution in [0, 0.1) is 12.1 Å². The molecule has 3 heteroatoms. The predicted octanol–water partition coefficient (Wildman–Crippen LogP) is 12.0. The molecule has 0 bridgehead atoms. The topological polar surface area (TPSA) is 25.8 Å². The van der Waals surface area contributed by atoms with E-state index in [-0.39, 0.29) is 25.5 Å². The van der Waals surface area contributed by atoms with Gasteiger partial charge >= 0.3 is 0 Å². The van der Waals surface area contributed by atoms with E-state index in [1.165, 1.54) is 60.1 Å². The summed E-state index contributed by atoms with van der Waals surface area (Å²) in [6, 6.07) is 51.8. The Bertz CT molecular complexity index is 2410. The van der Waals surface area contributed by atoms with Crippen LogP contribution in [0.2, 0.25) is 0 Å². The van der Waals surface area contributed by atoms with Gasteiger partial charge in [-0.1, -0.05) is 118 Å². The summed E-state index contributed by atoms with van der Waals surface area (Å²) in [4.78, 5) is 9.09. The monoisotopic (exact) mass is 809 g/mol. The molecule has 241 valence electrons. The number of nitrogens with zero attached hydrogens (tertiary/aromatic N) is 2. The van der Waals surface area contributed by atoms with Crippen molar-refractivity contribution >= 4 is 32.3 Å². The normalized spacial score (nSPS) is 12.7. The van der Waals surface area contributed by atoms with Gasteiger partial charge in [-0.25, -0.2) is 0 Å². The van der Waals surface area contributed by atoms with Gasteiger partial charge in [0, 0.05) is 32.5 Å². The number of hydrogen-bond acceptors (Lipinski definition) is 2. The number of hydrogen-bond donors (Lipinski definition) is 0. The SMILES string of the molecule is CC(C)c1ccc2c(ccc3c4ccnc(-c5[c-]cc6c(c5)C(C)(C)c5ccccc5-6)c4ccc23)c1.[Ir].[c-]1ccccc1-c1ccccn1. The van der Waals surface area contributed by atoms with Crippen LogP contribution >= 0.6 is 0 Å². The minimum absolute atomic E-state index is 0. The Hall–Kier alpha value is -4.95. The fraction of sp³-hybridized carbons (Fsp3) is 0.130. The van der Waals surface area contributed by atoms with Crippen LogP contribution in [0.15, 0.2) is 140 Å². The van der Waals surface area contributed by atoms with Crippen molar-refractivity contribution in [2.45, 2.75) is 39.0 Å². The summed E-state index contributed by atoms with van der Waals surface area (Å²) >= 11 is 0. The van der Waals surface area contributed by atoms with E-state index in [4.69, 9.17) is 4.98 Å². The van der Waals surface area contributed by atoms with Gasteiger partial charge < -0.3 is 9.97 Å². The third-order valence-electron chi connectivity index (χ3n) is 9.87. The van der Waals surface area contributed by atoms with E-state index in [1.807, 2.05) is 48.7 Å². The molecule has 9 rings (SSSR count). The van der Waals surface area contributed by atoms with Gasteiger partial charge in [0.15, 0.2) is 0 Å². The molecule has 0 saturated heterocycles. The van der Waals surface area contributed by atoms with Gasteiger partial charge in [-0.15, -0.1) is 65.2 Å². The zero-order valence-electron chi connectivity index (χ0n) is 28.1. The Balaban J connectivity index is 0.000000246. The van der Waals surface area contributed by atoms with Gasteiger partial charge in [0.1, 0.15) is 0 Å². The van der Waals surface area contributed by atoms with Gasteiger partial charge in [0.05, 0.1) is 0 Å². The van der Waals surface area contributed by atoms with E-state index in [9.17, 15) is 0 Å². The number of aromatic nitrogens is 2. The average Bonchev–Trinajstić information content (AvgIpc) is 3.37. The predicted molar refractivity (Wildman–Crippen MR) is 201 cm³/mol. The zero-order chi connectivity index (χ0) is 32.8. The average molecular weight is 809 g/mol. The Labute approximate surface area is 302 Å². The van der Waals surface area contributed by atoms with Gasteiger partial charge in [-0.05, 0) is 78.3 Å². The van der Waals surface area contributed by atoms with E-state index in [0.29, 0.717) is 5.92 Å². The van der Waals surface area contributed by atoms with Crippen LogP contribution in [0.25, 0.3) is 66.0 Å². The first-order chi connectivity index (χ1) is 23.4. The molecule has 8 aromatic rings. The van der Waals surface area contributed by atoms with Gasteiger partial charge in [0.25, 0.3) is 0 Å². The van der Waals surface area contributed by atoms with Crippen LogP contribution in [0.4, 0.5) is 0 Å². The minimum atomic E-state index is -0.0409. The summed E-state index contributed by atoms with van der Waals surface area (Å²) < 4.78 is 0. The van der Waals surface area contributed by atoms with Crippen molar-refractivity contribution in [1.29, 1.82) is 0 Å². The second-order valence-corrected chi connectivity index (χ2v) is 13.5. The molecule has 6 aromatic carbocycles. The number of fused-ring (bicyclic) bond motifs is 8. The Morgan fingerprint density at radius 1 is 0.571 bits per heavy atom. The molecule has 2 aromatic heterocycles. The smallest absolute Gasteiger partial charge is 0.0167 e. The second-order valence-electron chi connectivity index (χ2n) is 13.5. The van der Waals surface area contributed by atoms with Gasteiger partial charge in [-0.2, -0.15) is 0 Å².